The number of amides is 1. The van der Waals surface area contributed by atoms with Gasteiger partial charge in [-0.1, -0.05) is 48.2 Å². The summed E-state index contributed by atoms with van der Waals surface area (Å²) in [5.74, 6) is -0.332. The Morgan fingerprint density at radius 3 is 2.26 bits per heavy atom. The van der Waals surface area contributed by atoms with Crippen molar-refractivity contribution in [1.29, 1.82) is 0 Å². The Bertz CT molecular complexity index is 1230. The SMILES string of the molecule is O=C(CSc1n[nH]c(=O)[nH]c1=O)Nc1c2ccccc2nc2ccccc12. The molecule has 9 heteroatoms. The van der Waals surface area contributed by atoms with Crippen LogP contribution in [0.15, 0.2) is 63.1 Å². The van der Waals surface area contributed by atoms with E-state index in [-0.39, 0.29) is 16.7 Å². The van der Waals surface area contributed by atoms with Crippen molar-refractivity contribution in [1.82, 2.24) is 20.2 Å². The number of benzene rings is 2. The molecular weight excluding hydrogens is 366 g/mol. The molecule has 2 aromatic carbocycles. The van der Waals surface area contributed by atoms with Crippen LogP contribution >= 0.6 is 11.8 Å². The van der Waals surface area contributed by atoms with Gasteiger partial charge in [-0.15, -0.1) is 0 Å². The zero-order chi connectivity index (χ0) is 18.8. The molecule has 0 radical (unpaired) electrons. The van der Waals surface area contributed by atoms with Crippen LogP contribution in [0.25, 0.3) is 21.8 Å². The van der Waals surface area contributed by atoms with E-state index in [0.717, 1.165) is 33.6 Å². The first kappa shape index (κ1) is 17.0. The number of nitrogens with zero attached hydrogens (tertiary/aromatic N) is 2. The summed E-state index contributed by atoms with van der Waals surface area (Å²) < 4.78 is 0. The first-order valence-electron chi connectivity index (χ1n) is 8.01. The van der Waals surface area contributed by atoms with E-state index in [4.69, 9.17) is 0 Å². The number of carbonyl (C=O) groups excluding carboxylic acids is 1. The Hall–Kier alpha value is -3.46. The van der Waals surface area contributed by atoms with Crippen LogP contribution in [0.4, 0.5) is 5.69 Å². The highest BCUT2D eigenvalue weighted by atomic mass is 32.2. The topological polar surface area (TPSA) is 121 Å². The lowest BCUT2D eigenvalue weighted by Crippen LogP contribution is -2.25. The number of carbonyl (C=O) groups is 1. The maximum absolute atomic E-state index is 12.5. The number of para-hydroxylation sites is 2. The number of aromatic nitrogens is 4. The van der Waals surface area contributed by atoms with Crippen molar-refractivity contribution in [2.24, 2.45) is 0 Å². The van der Waals surface area contributed by atoms with Gasteiger partial charge < -0.3 is 5.32 Å². The van der Waals surface area contributed by atoms with E-state index < -0.39 is 11.2 Å². The Morgan fingerprint density at radius 2 is 1.63 bits per heavy atom. The first-order chi connectivity index (χ1) is 13.1. The van der Waals surface area contributed by atoms with Crippen molar-refractivity contribution in [2.75, 3.05) is 11.1 Å². The second-order valence-electron chi connectivity index (χ2n) is 5.67. The number of pyridine rings is 1. The van der Waals surface area contributed by atoms with Crippen LogP contribution < -0.4 is 16.6 Å². The second-order valence-corrected chi connectivity index (χ2v) is 6.63. The molecule has 3 N–H and O–H groups in total. The summed E-state index contributed by atoms with van der Waals surface area (Å²) in [6, 6.07) is 15.1. The number of rotatable bonds is 4. The van der Waals surface area contributed by atoms with Crippen molar-refractivity contribution in [3.63, 3.8) is 0 Å². The maximum Gasteiger partial charge on any atom is 0.342 e. The van der Waals surface area contributed by atoms with Crippen LogP contribution in [-0.4, -0.2) is 31.8 Å². The molecular formula is C18H13N5O3S. The zero-order valence-electron chi connectivity index (χ0n) is 13.9. The summed E-state index contributed by atoms with van der Waals surface area (Å²) in [4.78, 5) is 41.8. The minimum absolute atomic E-state index is 0.0224. The number of thioether (sulfide) groups is 1. The standard InChI is InChI=1S/C18H13N5O3S/c24-14(9-27-17-16(25)21-18(26)23-22-17)20-15-10-5-1-3-7-12(10)19-13-8-4-2-6-11(13)15/h1-8H,9H2,(H,19,20,24)(H2,21,23,25,26). The van der Waals surface area contributed by atoms with E-state index in [2.05, 4.69) is 25.5 Å². The molecule has 4 rings (SSSR count). The third-order valence-electron chi connectivity index (χ3n) is 3.87. The summed E-state index contributed by atoms with van der Waals surface area (Å²) in [6.07, 6.45) is 0. The van der Waals surface area contributed by atoms with Crippen LogP contribution in [0.1, 0.15) is 0 Å². The van der Waals surface area contributed by atoms with E-state index in [1.807, 2.05) is 48.5 Å². The van der Waals surface area contributed by atoms with Gasteiger partial charge in [0.05, 0.1) is 22.5 Å². The minimum atomic E-state index is -0.691. The van der Waals surface area contributed by atoms with Gasteiger partial charge in [0.1, 0.15) is 0 Å². The van der Waals surface area contributed by atoms with Crippen molar-refractivity contribution in [2.45, 2.75) is 5.03 Å². The number of hydrogen-bond donors (Lipinski definition) is 3. The van der Waals surface area contributed by atoms with Crippen LogP contribution in [0.5, 0.6) is 0 Å². The average Bonchev–Trinajstić information content (AvgIpc) is 2.67. The fourth-order valence-electron chi connectivity index (χ4n) is 2.72. The van der Waals surface area contributed by atoms with Gasteiger partial charge in [-0.2, -0.15) is 5.10 Å². The third-order valence-corrected chi connectivity index (χ3v) is 4.83. The monoisotopic (exact) mass is 379 g/mol. The molecule has 4 aromatic rings. The number of H-pyrrole nitrogens is 2. The Morgan fingerprint density at radius 1 is 1.00 bits per heavy atom. The number of anilines is 1. The van der Waals surface area contributed by atoms with Gasteiger partial charge in [-0.25, -0.2) is 14.9 Å². The molecule has 27 heavy (non-hydrogen) atoms. The predicted molar refractivity (Wildman–Crippen MR) is 104 cm³/mol. The molecule has 2 aromatic heterocycles. The van der Waals surface area contributed by atoms with Gasteiger partial charge in [0.15, 0.2) is 5.03 Å². The lowest BCUT2D eigenvalue weighted by molar-refractivity contribution is -0.113. The summed E-state index contributed by atoms with van der Waals surface area (Å²) in [5.41, 5.74) is 0.904. The summed E-state index contributed by atoms with van der Waals surface area (Å²) in [7, 11) is 0. The van der Waals surface area contributed by atoms with Gasteiger partial charge >= 0.3 is 5.69 Å². The quantitative estimate of drug-likeness (QED) is 0.368. The number of nitrogens with one attached hydrogen (secondary N) is 3. The molecule has 0 fully saturated rings. The largest absolute Gasteiger partial charge is 0.342 e. The van der Waals surface area contributed by atoms with E-state index in [1.54, 1.807) is 0 Å². The molecule has 0 saturated carbocycles. The Labute approximate surface area is 156 Å². The molecule has 0 aliphatic rings. The number of aromatic amines is 2. The molecule has 134 valence electrons. The van der Waals surface area contributed by atoms with Crippen LogP contribution in [0, 0.1) is 0 Å². The minimum Gasteiger partial charge on any atom is -0.324 e. The van der Waals surface area contributed by atoms with Gasteiger partial charge in [-0.3, -0.25) is 14.6 Å². The van der Waals surface area contributed by atoms with Crippen molar-refractivity contribution in [3.8, 4) is 0 Å². The van der Waals surface area contributed by atoms with Gasteiger partial charge in [0.25, 0.3) is 5.56 Å². The van der Waals surface area contributed by atoms with E-state index in [0.29, 0.717) is 5.69 Å². The second kappa shape index (κ2) is 7.04. The van der Waals surface area contributed by atoms with E-state index in [9.17, 15) is 14.4 Å². The van der Waals surface area contributed by atoms with Gasteiger partial charge in [0, 0.05) is 10.8 Å². The predicted octanol–water partition coefficient (Wildman–Crippen LogP) is 1.89. The molecule has 0 aliphatic carbocycles. The van der Waals surface area contributed by atoms with E-state index >= 15 is 0 Å². The van der Waals surface area contributed by atoms with Crippen molar-refractivity contribution < 1.29 is 4.79 Å². The number of hydrogen-bond acceptors (Lipinski definition) is 6. The highest BCUT2D eigenvalue weighted by molar-refractivity contribution is 7.99. The van der Waals surface area contributed by atoms with Crippen molar-refractivity contribution in [3.05, 3.63) is 69.4 Å². The normalized spacial score (nSPS) is 11.0. The third kappa shape index (κ3) is 3.44. The number of fused-ring (bicyclic) bond motifs is 2. The molecule has 0 aliphatic heterocycles. The Kier molecular flexibility index (Phi) is 4.43. The molecule has 2 heterocycles. The van der Waals surface area contributed by atoms with Gasteiger partial charge in [-0.05, 0) is 12.1 Å². The first-order valence-corrected chi connectivity index (χ1v) is 8.99. The van der Waals surface area contributed by atoms with Crippen LogP contribution in [0.2, 0.25) is 0 Å². The fourth-order valence-corrected chi connectivity index (χ4v) is 3.35. The lowest BCUT2D eigenvalue weighted by atomic mass is 10.1. The summed E-state index contributed by atoms with van der Waals surface area (Å²) >= 11 is 0.941. The summed E-state index contributed by atoms with van der Waals surface area (Å²) in [6.45, 7) is 0. The highest BCUT2D eigenvalue weighted by Gasteiger charge is 2.13. The molecule has 0 atom stereocenters. The average molecular weight is 379 g/mol. The molecule has 0 bridgehead atoms. The Balaban J connectivity index is 1.64. The summed E-state index contributed by atoms with van der Waals surface area (Å²) in [5, 5.41) is 10.4. The smallest absolute Gasteiger partial charge is 0.324 e. The van der Waals surface area contributed by atoms with E-state index in [1.165, 1.54) is 0 Å². The highest BCUT2D eigenvalue weighted by Crippen LogP contribution is 2.30. The molecule has 1 amide bonds. The van der Waals surface area contributed by atoms with Crippen molar-refractivity contribution >= 4 is 45.2 Å². The van der Waals surface area contributed by atoms with Crippen LogP contribution in [-0.2, 0) is 4.79 Å². The van der Waals surface area contributed by atoms with Crippen LogP contribution in [0.3, 0.4) is 0 Å². The van der Waals surface area contributed by atoms with Gasteiger partial charge in [0.2, 0.25) is 5.91 Å². The molecule has 8 nitrogen and oxygen atoms in total. The zero-order valence-corrected chi connectivity index (χ0v) is 14.7. The lowest BCUT2D eigenvalue weighted by Gasteiger charge is -2.12. The molecule has 0 saturated heterocycles. The fraction of sp³-hybridized carbons (Fsp3) is 0.0556. The molecule has 0 unspecified atom stereocenters. The maximum atomic E-state index is 12.5. The molecule has 0 spiro atoms.